The van der Waals surface area contributed by atoms with Crippen LogP contribution in [0.1, 0.15) is 23.0 Å². The van der Waals surface area contributed by atoms with Gasteiger partial charge in [-0.15, -0.1) is 0 Å². The van der Waals surface area contributed by atoms with Crippen LogP contribution in [-0.4, -0.2) is 30.6 Å². The summed E-state index contributed by atoms with van der Waals surface area (Å²) in [5.41, 5.74) is 6.76. The summed E-state index contributed by atoms with van der Waals surface area (Å²) in [6.07, 6.45) is 1.58. The lowest BCUT2D eigenvalue weighted by molar-refractivity contribution is 0.0900. The average Bonchev–Trinajstić information content (AvgIpc) is 2.29. The monoisotopic (exact) mass is 223 g/mol. The van der Waals surface area contributed by atoms with Crippen molar-refractivity contribution in [2.24, 2.45) is 5.73 Å². The van der Waals surface area contributed by atoms with Gasteiger partial charge in [-0.05, 0) is 24.6 Å². The van der Waals surface area contributed by atoms with Crippen LogP contribution in [0.2, 0.25) is 0 Å². The van der Waals surface area contributed by atoms with Crippen molar-refractivity contribution in [3.63, 3.8) is 0 Å². The number of nitrogens with zero attached hydrogens (tertiary/aromatic N) is 1. The van der Waals surface area contributed by atoms with Crippen molar-refractivity contribution in [2.45, 2.75) is 19.5 Å². The third-order valence-electron chi connectivity index (χ3n) is 2.09. The van der Waals surface area contributed by atoms with E-state index in [1.807, 2.05) is 6.92 Å². The molecule has 0 unspecified atom stereocenters. The summed E-state index contributed by atoms with van der Waals surface area (Å²) >= 11 is 0. The summed E-state index contributed by atoms with van der Waals surface area (Å²) in [7, 11) is 1.59. The van der Waals surface area contributed by atoms with E-state index in [1.54, 1.807) is 25.4 Å². The number of ether oxygens (including phenoxy) is 1. The van der Waals surface area contributed by atoms with Crippen molar-refractivity contribution >= 4 is 5.91 Å². The van der Waals surface area contributed by atoms with E-state index in [9.17, 15) is 4.79 Å². The normalized spacial score (nSPS) is 12.2. The van der Waals surface area contributed by atoms with E-state index in [0.717, 1.165) is 5.56 Å². The lowest BCUT2D eigenvalue weighted by Gasteiger charge is -2.12. The topological polar surface area (TPSA) is 77.2 Å². The average molecular weight is 223 g/mol. The fourth-order valence-electron chi connectivity index (χ4n) is 1.31. The number of nitrogens with one attached hydrogen (secondary N) is 1. The molecule has 0 saturated carbocycles. The molecule has 0 radical (unpaired) electrons. The molecule has 1 amide bonds. The Bertz CT molecular complexity index is 355. The van der Waals surface area contributed by atoms with Crippen molar-refractivity contribution in [3.05, 3.63) is 29.6 Å². The number of rotatable bonds is 5. The quantitative estimate of drug-likeness (QED) is 0.753. The molecular formula is C11H17N3O2. The third kappa shape index (κ3) is 3.60. The van der Waals surface area contributed by atoms with E-state index in [1.165, 1.54) is 0 Å². The number of hydrogen-bond acceptors (Lipinski definition) is 4. The van der Waals surface area contributed by atoms with Crippen LogP contribution in [0.25, 0.3) is 0 Å². The number of aromatic nitrogens is 1. The second kappa shape index (κ2) is 6.19. The SMILES string of the molecule is COC[C@H](C)NC(=O)c1cc(CN)ccn1. The molecule has 3 N–H and O–H groups in total. The molecule has 0 aliphatic rings. The zero-order chi connectivity index (χ0) is 12.0. The van der Waals surface area contributed by atoms with Crippen LogP contribution in [-0.2, 0) is 11.3 Å². The van der Waals surface area contributed by atoms with Gasteiger partial charge in [-0.25, -0.2) is 0 Å². The Morgan fingerprint density at radius 3 is 3.06 bits per heavy atom. The highest BCUT2D eigenvalue weighted by Crippen LogP contribution is 2.01. The Labute approximate surface area is 95.0 Å². The second-order valence-electron chi connectivity index (χ2n) is 3.58. The van der Waals surface area contributed by atoms with E-state index in [4.69, 9.17) is 10.5 Å². The standard InChI is InChI=1S/C11H17N3O2/c1-8(7-16-2)14-11(15)10-5-9(6-12)3-4-13-10/h3-5,8H,6-7,12H2,1-2H3,(H,14,15)/t8-/m0/s1. The van der Waals surface area contributed by atoms with Gasteiger partial charge in [0.2, 0.25) is 0 Å². The first-order valence-electron chi connectivity index (χ1n) is 5.12. The van der Waals surface area contributed by atoms with Crippen molar-refractivity contribution in [1.29, 1.82) is 0 Å². The molecule has 0 aromatic carbocycles. The van der Waals surface area contributed by atoms with Gasteiger partial charge in [-0.3, -0.25) is 9.78 Å². The van der Waals surface area contributed by atoms with Gasteiger partial charge >= 0.3 is 0 Å². The fraction of sp³-hybridized carbons (Fsp3) is 0.455. The number of nitrogens with two attached hydrogens (primary N) is 1. The summed E-state index contributed by atoms with van der Waals surface area (Å²) in [5, 5.41) is 2.78. The molecule has 0 bridgehead atoms. The number of pyridine rings is 1. The van der Waals surface area contributed by atoms with Crippen LogP contribution in [0.3, 0.4) is 0 Å². The number of hydrogen-bond donors (Lipinski definition) is 2. The summed E-state index contributed by atoms with van der Waals surface area (Å²) < 4.78 is 4.93. The Morgan fingerprint density at radius 1 is 1.69 bits per heavy atom. The van der Waals surface area contributed by atoms with Crippen LogP contribution in [0.4, 0.5) is 0 Å². The van der Waals surface area contributed by atoms with Gasteiger partial charge in [-0.1, -0.05) is 0 Å². The summed E-state index contributed by atoms with van der Waals surface area (Å²) in [6.45, 7) is 2.74. The smallest absolute Gasteiger partial charge is 0.270 e. The predicted molar refractivity (Wildman–Crippen MR) is 60.9 cm³/mol. The largest absolute Gasteiger partial charge is 0.383 e. The van der Waals surface area contributed by atoms with Crippen LogP contribution in [0.5, 0.6) is 0 Å². The van der Waals surface area contributed by atoms with Gasteiger partial charge in [0.25, 0.3) is 5.91 Å². The molecule has 1 rings (SSSR count). The van der Waals surface area contributed by atoms with Gasteiger partial charge in [0.1, 0.15) is 5.69 Å². The van der Waals surface area contributed by atoms with Gasteiger partial charge in [0.05, 0.1) is 6.61 Å². The summed E-state index contributed by atoms with van der Waals surface area (Å²) in [4.78, 5) is 15.7. The van der Waals surface area contributed by atoms with Crippen LogP contribution >= 0.6 is 0 Å². The van der Waals surface area contributed by atoms with Crippen molar-refractivity contribution < 1.29 is 9.53 Å². The van der Waals surface area contributed by atoms with E-state index < -0.39 is 0 Å². The first-order chi connectivity index (χ1) is 7.67. The molecule has 0 spiro atoms. The molecule has 5 nitrogen and oxygen atoms in total. The van der Waals surface area contributed by atoms with E-state index in [0.29, 0.717) is 18.8 Å². The van der Waals surface area contributed by atoms with Gasteiger partial charge < -0.3 is 15.8 Å². The Balaban J connectivity index is 2.65. The lowest BCUT2D eigenvalue weighted by atomic mass is 10.2. The number of amides is 1. The molecule has 1 aromatic heterocycles. The first-order valence-corrected chi connectivity index (χ1v) is 5.12. The predicted octanol–water partition coefficient (Wildman–Crippen LogP) is 0.305. The zero-order valence-corrected chi connectivity index (χ0v) is 9.56. The summed E-state index contributed by atoms with van der Waals surface area (Å²) in [6, 6.07) is 3.44. The summed E-state index contributed by atoms with van der Waals surface area (Å²) in [5.74, 6) is -0.208. The molecule has 1 atom stereocenters. The van der Waals surface area contributed by atoms with Gasteiger partial charge in [0, 0.05) is 25.9 Å². The molecule has 0 fully saturated rings. The van der Waals surface area contributed by atoms with E-state index in [2.05, 4.69) is 10.3 Å². The van der Waals surface area contributed by atoms with Gasteiger partial charge in [-0.2, -0.15) is 0 Å². The van der Waals surface area contributed by atoms with Crippen LogP contribution in [0.15, 0.2) is 18.3 Å². The maximum absolute atomic E-state index is 11.7. The molecule has 5 heteroatoms. The number of methoxy groups -OCH3 is 1. The maximum Gasteiger partial charge on any atom is 0.270 e. The fourth-order valence-corrected chi connectivity index (χ4v) is 1.31. The third-order valence-corrected chi connectivity index (χ3v) is 2.09. The van der Waals surface area contributed by atoms with Crippen LogP contribution < -0.4 is 11.1 Å². The molecule has 0 aliphatic carbocycles. The molecule has 1 aromatic rings. The highest BCUT2D eigenvalue weighted by molar-refractivity contribution is 5.92. The van der Waals surface area contributed by atoms with Crippen molar-refractivity contribution in [1.82, 2.24) is 10.3 Å². The minimum Gasteiger partial charge on any atom is -0.383 e. The molecule has 0 saturated heterocycles. The minimum absolute atomic E-state index is 0.0409. The minimum atomic E-state index is -0.208. The zero-order valence-electron chi connectivity index (χ0n) is 9.56. The highest BCUT2D eigenvalue weighted by Gasteiger charge is 2.10. The molecule has 88 valence electrons. The molecule has 1 heterocycles. The maximum atomic E-state index is 11.7. The van der Waals surface area contributed by atoms with E-state index >= 15 is 0 Å². The Morgan fingerprint density at radius 2 is 2.44 bits per heavy atom. The lowest BCUT2D eigenvalue weighted by Crippen LogP contribution is -2.36. The second-order valence-corrected chi connectivity index (χ2v) is 3.58. The van der Waals surface area contributed by atoms with E-state index in [-0.39, 0.29) is 11.9 Å². The highest BCUT2D eigenvalue weighted by atomic mass is 16.5. The molecule has 0 aliphatic heterocycles. The number of carbonyl (C=O) groups excluding carboxylic acids is 1. The van der Waals surface area contributed by atoms with Crippen molar-refractivity contribution in [3.8, 4) is 0 Å². The Hall–Kier alpha value is -1.46. The molecular weight excluding hydrogens is 206 g/mol. The number of carbonyl (C=O) groups is 1. The first kappa shape index (κ1) is 12.6. The Kier molecular flexibility index (Phi) is 4.88. The molecule has 16 heavy (non-hydrogen) atoms. The van der Waals surface area contributed by atoms with Crippen molar-refractivity contribution in [2.75, 3.05) is 13.7 Å². The van der Waals surface area contributed by atoms with Crippen LogP contribution in [0, 0.1) is 0 Å². The van der Waals surface area contributed by atoms with Gasteiger partial charge in [0.15, 0.2) is 0 Å².